The van der Waals surface area contributed by atoms with Crippen molar-refractivity contribution in [3.05, 3.63) is 59.7 Å². The molecule has 2 rings (SSSR count). The van der Waals surface area contributed by atoms with E-state index in [-0.39, 0.29) is 0 Å². The normalized spacial score (nSPS) is 10.5. The molecular weight excluding hydrogens is 276 g/mol. The first kappa shape index (κ1) is 15.7. The molecular formula is C19H20O3. The van der Waals surface area contributed by atoms with Gasteiger partial charge in [-0.2, -0.15) is 0 Å². The van der Waals surface area contributed by atoms with E-state index in [1.807, 2.05) is 48.6 Å². The predicted molar refractivity (Wildman–Crippen MR) is 91.6 cm³/mol. The molecule has 0 fully saturated rings. The topological polar surface area (TPSA) is 27.7 Å². The Kier molecular flexibility index (Phi) is 5.26. The van der Waals surface area contributed by atoms with Crippen molar-refractivity contribution >= 4 is 18.2 Å². The Hall–Kier alpha value is -2.68. The molecule has 114 valence electrons. The first-order valence-electron chi connectivity index (χ1n) is 6.92. The van der Waals surface area contributed by atoms with Gasteiger partial charge < -0.3 is 14.2 Å². The fraction of sp³-hybridized carbons (Fsp3) is 0.158. The van der Waals surface area contributed by atoms with E-state index in [4.69, 9.17) is 14.2 Å². The van der Waals surface area contributed by atoms with E-state index < -0.39 is 0 Å². The number of benzene rings is 2. The van der Waals surface area contributed by atoms with Crippen LogP contribution in [0.2, 0.25) is 0 Å². The van der Waals surface area contributed by atoms with Crippen LogP contribution in [0.4, 0.5) is 0 Å². The maximum Gasteiger partial charge on any atom is 0.161 e. The number of hydrogen-bond acceptors (Lipinski definition) is 3. The van der Waals surface area contributed by atoms with Gasteiger partial charge in [-0.1, -0.05) is 36.9 Å². The third-order valence-electron chi connectivity index (χ3n) is 3.38. The smallest absolute Gasteiger partial charge is 0.161 e. The summed E-state index contributed by atoms with van der Waals surface area (Å²) in [7, 11) is 4.91. The van der Waals surface area contributed by atoms with Crippen molar-refractivity contribution in [3.63, 3.8) is 0 Å². The molecule has 0 amide bonds. The zero-order chi connectivity index (χ0) is 15.9. The largest absolute Gasteiger partial charge is 0.497 e. The molecule has 0 unspecified atom stereocenters. The highest BCUT2D eigenvalue weighted by molar-refractivity contribution is 5.77. The lowest BCUT2D eigenvalue weighted by atomic mass is 10.0. The summed E-state index contributed by atoms with van der Waals surface area (Å²) >= 11 is 0. The van der Waals surface area contributed by atoms with Gasteiger partial charge >= 0.3 is 0 Å². The molecule has 3 nitrogen and oxygen atoms in total. The second-order valence-corrected chi connectivity index (χ2v) is 4.65. The Morgan fingerprint density at radius 1 is 0.773 bits per heavy atom. The number of ether oxygens (including phenoxy) is 3. The molecule has 0 heterocycles. The molecule has 0 atom stereocenters. The van der Waals surface area contributed by atoms with Gasteiger partial charge in [0, 0.05) is 0 Å². The summed E-state index contributed by atoms with van der Waals surface area (Å²) < 4.78 is 15.8. The average molecular weight is 296 g/mol. The van der Waals surface area contributed by atoms with E-state index in [2.05, 4.69) is 6.58 Å². The van der Waals surface area contributed by atoms with E-state index in [0.29, 0.717) is 11.5 Å². The zero-order valence-corrected chi connectivity index (χ0v) is 13.1. The highest BCUT2D eigenvalue weighted by Crippen LogP contribution is 2.32. The van der Waals surface area contributed by atoms with Crippen LogP contribution in [-0.4, -0.2) is 21.3 Å². The van der Waals surface area contributed by atoms with Gasteiger partial charge in [0.05, 0.1) is 21.3 Å². The number of methoxy groups -OCH3 is 3. The van der Waals surface area contributed by atoms with Crippen LogP contribution in [0.15, 0.2) is 43.0 Å². The predicted octanol–water partition coefficient (Wildman–Crippen LogP) is 4.53. The van der Waals surface area contributed by atoms with Crippen molar-refractivity contribution in [1.82, 2.24) is 0 Å². The van der Waals surface area contributed by atoms with Crippen LogP contribution in [0.3, 0.4) is 0 Å². The Labute approximate surface area is 131 Å². The van der Waals surface area contributed by atoms with Gasteiger partial charge in [0.15, 0.2) is 11.5 Å². The summed E-state index contributed by atoms with van der Waals surface area (Å²) in [6.07, 6.45) is 5.87. The third kappa shape index (κ3) is 3.50. The third-order valence-corrected chi connectivity index (χ3v) is 3.38. The van der Waals surface area contributed by atoms with Gasteiger partial charge in [-0.05, 0) is 41.0 Å². The molecule has 0 aromatic heterocycles. The lowest BCUT2D eigenvalue weighted by Gasteiger charge is -2.11. The van der Waals surface area contributed by atoms with Gasteiger partial charge in [0.1, 0.15) is 5.75 Å². The Morgan fingerprint density at radius 2 is 1.36 bits per heavy atom. The Morgan fingerprint density at radius 3 is 1.86 bits per heavy atom. The molecule has 0 saturated carbocycles. The van der Waals surface area contributed by atoms with Crippen molar-refractivity contribution in [2.75, 3.05) is 21.3 Å². The quantitative estimate of drug-likeness (QED) is 0.733. The molecule has 0 aliphatic carbocycles. The van der Waals surface area contributed by atoms with Crippen molar-refractivity contribution in [1.29, 1.82) is 0 Å². The Bertz CT molecular complexity index is 670. The van der Waals surface area contributed by atoms with Crippen molar-refractivity contribution in [2.45, 2.75) is 0 Å². The highest BCUT2D eigenvalue weighted by Gasteiger charge is 2.07. The molecule has 2 aromatic rings. The molecule has 0 saturated heterocycles. The minimum Gasteiger partial charge on any atom is -0.497 e. The average Bonchev–Trinajstić information content (AvgIpc) is 2.59. The zero-order valence-electron chi connectivity index (χ0n) is 13.1. The molecule has 22 heavy (non-hydrogen) atoms. The molecule has 0 bridgehead atoms. The van der Waals surface area contributed by atoms with E-state index >= 15 is 0 Å². The van der Waals surface area contributed by atoms with Crippen LogP contribution in [0.1, 0.15) is 16.7 Å². The maximum absolute atomic E-state index is 5.35. The summed E-state index contributed by atoms with van der Waals surface area (Å²) in [4.78, 5) is 0. The summed E-state index contributed by atoms with van der Waals surface area (Å²) in [5.41, 5.74) is 3.09. The van der Waals surface area contributed by atoms with Gasteiger partial charge in [-0.25, -0.2) is 0 Å². The van der Waals surface area contributed by atoms with Crippen LogP contribution >= 0.6 is 0 Å². The van der Waals surface area contributed by atoms with Crippen LogP contribution < -0.4 is 14.2 Å². The van der Waals surface area contributed by atoms with Crippen LogP contribution in [-0.2, 0) is 0 Å². The molecule has 0 aliphatic rings. The minimum atomic E-state index is 0.694. The summed E-state index contributed by atoms with van der Waals surface area (Å²) in [6.45, 7) is 3.85. The molecule has 2 aromatic carbocycles. The SMILES string of the molecule is C=Cc1cc(OC)c(OC)cc1/C=C/c1ccc(OC)cc1. The monoisotopic (exact) mass is 296 g/mol. The van der Waals surface area contributed by atoms with Gasteiger partial charge in [-0.15, -0.1) is 0 Å². The second kappa shape index (κ2) is 7.36. The lowest BCUT2D eigenvalue weighted by molar-refractivity contribution is 0.355. The van der Waals surface area contributed by atoms with E-state index in [9.17, 15) is 0 Å². The fourth-order valence-electron chi connectivity index (χ4n) is 2.13. The van der Waals surface area contributed by atoms with Crippen LogP contribution in [0.5, 0.6) is 17.2 Å². The highest BCUT2D eigenvalue weighted by atomic mass is 16.5. The summed E-state index contributed by atoms with van der Waals surface area (Å²) in [6, 6.07) is 11.7. The van der Waals surface area contributed by atoms with Gasteiger partial charge in [0.2, 0.25) is 0 Å². The summed E-state index contributed by atoms with van der Waals surface area (Å²) in [5.74, 6) is 2.23. The first-order valence-corrected chi connectivity index (χ1v) is 6.92. The fourth-order valence-corrected chi connectivity index (χ4v) is 2.13. The van der Waals surface area contributed by atoms with E-state index in [1.165, 1.54) is 0 Å². The van der Waals surface area contributed by atoms with Crippen LogP contribution in [0, 0.1) is 0 Å². The Balaban J connectivity index is 2.34. The molecule has 0 N–H and O–H groups in total. The number of rotatable bonds is 6. The number of hydrogen-bond donors (Lipinski definition) is 0. The molecule has 3 heteroatoms. The lowest BCUT2D eigenvalue weighted by Crippen LogP contribution is -1.93. The second-order valence-electron chi connectivity index (χ2n) is 4.65. The van der Waals surface area contributed by atoms with E-state index in [1.54, 1.807) is 27.4 Å². The summed E-state index contributed by atoms with van der Waals surface area (Å²) in [5, 5.41) is 0. The van der Waals surface area contributed by atoms with E-state index in [0.717, 1.165) is 22.4 Å². The van der Waals surface area contributed by atoms with Crippen molar-refractivity contribution in [3.8, 4) is 17.2 Å². The first-order chi connectivity index (χ1) is 10.7. The molecule has 0 radical (unpaired) electrons. The van der Waals surface area contributed by atoms with Crippen molar-refractivity contribution < 1.29 is 14.2 Å². The molecule has 0 aliphatic heterocycles. The molecule has 0 spiro atoms. The van der Waals surface area contributed by atoms with Crippen LogP contribution in [0.25, 0.3) is 18.2 Å². The van der Waals surface area contributed by atoms with Gasteiger partial charge in [0.25, 0.3) is 0 Å². The minimum absolute atomic E-state index is 0.694. The standard InChI is InChI=1S/C19H20O3/c1-5-15-12-18(21-3)19(22-4)13-16(15)9-6-14-7-10-17(20-2)11-8-14/h5-13H,1H2,2-4H3/b9-6+. The maximum atomic E-state index is 5.35. The van der Waals surface area contributed by atoms with Gasteiger partial charge in [-0.3, -0.25) is 0 Å². The van der Waals surface area contributed by atoms with Crippen molar-refractivity contribution in [2.24, 2.45) is 0 Å².